The molecule has 2 aromatic carbocycles. The molecule has 0 amide bonds. The lowest BCUT2D eigenvalue weighted by molar-refractivity contribution is 0.0734. The van der Waals surface area contributed by atoms with Crippen molar-refractivity contribution in [1.29, 1.82) is 0 Å². The summed E-state index contributed by atoms with van der Waals surface area (Å²) in [4.78, 5) is 12.5. The maximum atomic E-state index is 12.6. The minimum atomic E-state index is -3.64. The summed E-state index contributed by atoms with van der Waals surface area (Å²) < 4.78 is 37.4. The van der Waals surface area contributed by atoms with Crippen LogP contribution in [0.1, 0.15) is 37.6 Å². The predicted molar refractivity (Wildman–Crippen MR) is 104 cm³/mol. The number of benzene rings is 2. The van der Waals surface area contributed by atoms with Crippen LogP contribution in [-0.2, 0) is 10.0 Å². The van der Waals surface area contributed by atoms with Crippen LogP contribution in [0.2, 0.25) is 0 Å². The second kappa shape index (κ2) is 9.53. The van der Waals surface area contributed by atoms with E-state index in [-0.39, 0.29) is 10.5 Å². The van der Waals surface area contributed by atoms with Crippen LogP contribution in [0, 0.1) is 0 Å². The average Bonchev–Trinajstić information content (AvgIpc) is 2.68. The van der Waals surface area contributed by atoms with E-state index >= 15 is 0 Å². The van der Waals surface area contributed by atoms with E-state index in [1.807, 2.05) is 6.92 Å². The van der Waals surface area contributed by atoms with Crippen LogP contribution in [0.3, 0.4) is 0 Å². The minimum absolute atomic E-state index is 0.0731. The molecule has 0 aromatic heterocycles. The normalized spacial score (nSPS) is 11.4. The quantitative estimate of drug-likeness (QED) is 0.481. The number of carbonyl (C=O) groups excluding carboxylic acids is 1. The number of esters is 1. The van der Waals surface area contributed by atoms with Gasteiger partial charge in [0.05, 0.1) is 17.1 Å². The Bertz CT molecular complexity index is 858. The number of nitrogens with zero attached hydrogens (tertiary/aromatic N) is 1. The molecule has 7 heteroatoms. The van der Waals surface area contributed by atoms with E-state index in [9.17, 15) is 13.2 Å². The maximum absolute atomic E-state index is 12.6. The van der Waals surface area contributed by atoms with Gasteiger partial charge in [-0.3, -0.25) is 0 Å². The van der Waals surface area contributed by atoms with Crippen molar-refractivity contribution in [1.82, 2.24) is 4.31 Å². The van der Waals surface area contributed by atoms with E-state index in [2.05, 4.69) is 0 Å². The molecular weight excluding hydrogens is 366 g/mol. The van der Waals surface area contributed by atoms with Crippen LogP contribution in [0.25, 0.3) is 0 Å². The first-order valence-corrected chi connectivity index (χ1v) is 10.4. The molecule has 0 aliphatic heterocycles. The second-order valence-corrected chi connectivity index (χ2v) is 7.76. The number of hydrogen-bond acceptors (Lipinski definition) is 5. The zero-order valence-electron chi connectivity index (χ0n) is 15.8. The van der Waals surface area contributed by atoms with E-state index in [1.165, 1.54) is 28.6 Å². The van der Waals surface area contributed by atoms with Crippen molar-refractivity contribution in [2.75, 3.05) is 19.7 Å². The second-order valence-electron chi connectivity index (χ2n) is 5.83. The lowest BCUT2D eigenvalue weighted by atomic mass is 10.2. The predicted octanol–water partition coefficient (Wildman–Crippen LogP) is 3.73. The van der Waals surface area contributed by atoms with E-state index in [0.717, 1.165) is 6.42 Å². The molecule has 0 unspecified atom stereocenters. The highest BCUT2D eigenvalue weighted by Gasteiger charge is 2.22. The molecule has 2 rings (SSSR count). The third-order valence-corrected chi connectivity index (χ3v) is 5.97. The molecule has 0 aliphatic rings. The van der Waals surface area contributed by atoms with Crippen LogP contribution >= 0.6 is 0 Å². The Hall–Kier alpha value is -2.38. The molecule has 0 N–H and O–H groups in total. The molecule has 146 valence electrons. The maximum Gasteiger partial charge on any atom is 0.343 e. The average molecular weight is 391 g/mol. The molecule has 0 radical (unpaired) electrons. The monoisotopic (exact) mass is 391 g/mol. The summed E-state index contributed by atoms with van der Waals surface area (Å²) in [5.41, 5.74) is 0.176. The molecule has 2 aromatic rings. The Labute approximate surface area is 160 Å². The van der Waals surface area contributed by atoms with Gasteiger partial charge in [0.25, 0.3) is 0 Å². The van der Waals surface area contributed by atoms with Gasteiger partial charge in [0, 0.05) is 13.1 Å². The summed E-state index contributed by atoms with van der Waals surface area (Å²) in [6, 6.07) is 12.6. The van der Waals surface area contributed by atoms with Gasteiger partial charge in [-0.2, -0.15) is 4.31 Å². The highest BCUT2D eigenvalue weighted by Crippen LogP contribution is 2.21. The number of rotatable bonds is 9. The molecule has 0 heterocycles. The van der Waals surface area contributed by atoms with E-state index in [1.54, 1.807) is 38.1 Å². The SMILES string of the molecule is CCCOc1ccc(OC(=O)c2cccc(S(=O)(=O)N(CC)CC)c2)cc1. The van der Waals surface area contributed by atoms with Gasteiger partial charge in [0.1, 0.15) is 11.5 Å². The van der Waals surface area contributed by atoms with Gasteiger partial charge in [-0.15, -0.1) is 0 Å². The van der Waals surface area contributed by atoms with Crippen molar-refractivity contribution in [2.45, 2.75) is 32.1 Å². The minimum Gasteiger partial charge on any atom is -0.494 e. The Kier molecular flexibility index (Phi) is 7.38. The molecule has 0 bridgehead atoms. The fourth-order valence-electron chi connectivity index (χ4n) is 2.49. The van der Waals surface area contributed by atoms with Gasteiger partial charge >= 0.3 is 5.97 Å². The third kappa shape index (κ3) is 5.30. The van der Waals surface area contributed by atoms with Crippen molar-refractivity contribution >= 4 is 16.0 Å². The van der Waals surface area contributed by atoms with Gasteiger partial charge in [0.15, 0.2) is 0 Å². The summed E-state index contributed by atoms with van der Waals surface area (Å²) in [5, 5.41) is 0. The van der Waals surface area contributed by atoms with Crippen molar-refractivity contribution in [2.24, 2.45) is 0 Å². The number of ether oxygens (including phenoxy) is 2. The van der Waals surface area contributed by atoms with Crippen molar-refractivity contribution < 1.29 is 22.7 Å². The molecular formula is C20H25NO5S. The van der Waals surface area contributed by atoms with E-state index in [0.29, 0.717) is 31.2 Å². The highest BCUT2D eigenvalue weighted by molar-refractivity contribution is 7.89. The first kappa shape index (κ1) is 20.9. The Balaban J connectivity index is 2.15. The van der Waals surface area contributed by atoms with Crippen LogP contribution in [0.4, 0.5) is 0 Å². The van der Waals surface area contributed by atoms with Gasteiger partial charge in [-0.25, -0.2) is 13.2 Å². The highest BCUT2D eigenvalue weighted by atomic mass is 32.2. The molecule has 0 saturated heterocycles. The topological polar surface area (TPSA) is 72.9 Å². The third-order valence-electron chi connectivity index (χ3n) is 3.92. The van der Waals surface area contributed by atoms with Crippen LogP contribution in [0.5, 0.6) is 11.5 Å². The lowest BCUT2D eigenvalue weighted by Crippen LogP contribution is -2.30. The molecule has 0 saturated carbocycles. The number of hydrogen-bond donors (Lipinski definition) is 0. The fraction of sp³-hybridized carbons (Fsp3) is 0.350. The van der Waals surface area contributed by atoms with Gasteiger partial charge < -0.3 is 9.47 Å². The molecule has 0 aliphatic carbocycles. The summed E-state index contributed by atoms with van der Waals surface area (Å²) in [5.74, 6) is 0.443. The van der Waals surface area contributed by atoms with Crippen LogP contribution in [0.15, 0.2) is 53.4 Å². The Morgan fingerprint density at radius 2 is 1.59 bits per heavy atom. The van der Waals surface area contributed by atoms with Crippen LogP contribution in [-0.4, -0.2) is 38.4 Å². The first-order chi connectivity index (χ1) is 12.9. The number of carbonyl (C=O) groups is 1. The van der Waals surface area contributed by atoms with Gasteiger partial charge in [0.2, 0.25) is 10.0 Å². The van der Waals surface area contributed by atoms with Gasteiger partial charge in [-0.05, 0) is 48.9 Å². The van der Waals surface area contributed by atoms with E-state index in [4.69, 9.17) is 9.47 Å². The zero-order valence-corrected chi connectivity index (χ0v) is 16.7. The Morgan fingerprint density at radius 1 is 0.963 bits per heavy atom. The van der Waals surface area contributed by atoms with Crippen molar-refractivity contribution in [3.05, 3.63) is 54.1 Å². The standard InChI is InChI=1S/C20H25NO5S/c1-4-14-25-17-10-12-18(13-11-17)26-20(22)16-8-7-9-19(15-16)27(23,24)21(5-2)6-3/h7-13,15H,4-6,14H2,1-3H3. The largest absolute Gasteiger partial charge is 0.494 e. The lowest BCUT2D eigenvalue weighted by Gasteiger charge is -2.18. The summed E-state index contributed by atoms with van der Waals surface area (Å²) in [6.07, 6.45) is 0.906. The smallest absolute Gasteiger partial charge is 0.343 e. The van der Waals surface area contributed by atoms with Crippen molar-refractivity contribution in [3.63, 3.8) is 0 Å². The summed E-state index contributed by atoms with van der Waals surface area (Å²) >= 11 is 0. The van der Waals surface area contributed by atoms with Gasteiger partial charge in [-0.1, -0.05) is 26.8 Å². The Morgan fingerprint density at radius 3 is 2.19 bits per heavy atom. The summed E-state index contributed by atoms with van der Waals surface area (Å²) in [6.45, 7) is 6.90. The molecule has 0 spiro atoms. The number of sulfonamides is 1. The van der Waals surface area contributed by atoms with Crippen LogP contribution < -0.4 is 9.47 Å². The van der Waals surface area contributed by atoms with Crippen molar-refractivity contribution in [3.8, 4) is 11.5 Å². The van der Waals surface area contributed by atoms with E-state index < -0.39 is 16.0 Å². The summed E-state index contributed by atoms with van der Waals surface area (Å²) in [7, 11) is -3.64. The molecule has 27 heavy (non-hydrogen) atoms. The fourth-order valence-corrected chi connectivity index (χ4v) is 3.99. The molecule has 0 fully saturated rings. The molecule has 6 nitrogen and oxygen atoms in total. The first-order valence-electron chi connectivity index (χ1n) is 8.97. The zero-order chi connectivity index (χ0) is 19.9. The molecule has 0 atom stereocenters.